The minimum atomic E-state index is -0.594. The lowest BCUT2D eigenvalue weighted by atomic mass is 9.87. The maximum atomic E-state index is 12.7. The van der Waals surface area contributed by atoms with Gasteiger partial charge in [-0.25, -0.2) is 0 Å². The summed E-state index contributed by atoms with van der Waals surface area (Å²) >= 11 is 0. The van der Waals surface area contributed by atoms with E-state index in [1.807, 2.05) is 62.4 Å². The Hall–Kier alpha value is -3.60. The zero-order chi connectivity index (χ0) is 24.0. The first-order chi connectivity index (χ1) is 15.7. The van der Waals surface area contributed by atoms with Crippen molar-refractivity contribution in [1.82, 2.24) is 0 Å². The van der Waals surface area contributed by atoms with E-state index in [0.29, 0.717) is 29.1 Å². The summed E-state index contributed by atoms with van der Waals surface area (Å²) in [6.45, 7) is 10.3. The van der Waals surface area contributed by atoms with E-state index in [2.05, 4.69) is 31.4 Å². The largest absolute Gasteiger partial charge is 0.481 e. The van der Waals surface area contributed by atoms with Crippen LogP contribution in [0.15, 0.2) is 72.8 Å². The molecule has 5 nitrogen and oxygen atoms in total. The standard InChI is InChI=1S/C28H32N2O3/c1-6-25(33-24-17-7-19(2)8-18-24)27(32)30-23-15-13-22(14-16-23)29-26(31)20-9-11-21(12-10-20)28(3,4)5/h7-18,25H,6H2,1-5H3,(H,29,31)(H,30,32). The van der Waals surface area contributed by atoms with Crippen molar-refractivity contribution in [3.8, 4) is 5.75 Å². The molecule has 2 amide bonds. The van der Waals surface area contributed by atoms with Crippen LogP contribution < -0.4 is 15.4 Å². The molecule has 0 aromatic heterocycles. The highest BCUT2D eigenvalue weighted by Crippen LogP contribution is 2.23. The monoisotopic (exact) mass is 444 g/mol. The third kappa shape index (κ3) is 6.69. The molecule has 172 valence electrons. The van der Waals surface area contributed by atoms with Gasteiger partial charge in [-0.15, -0.1) is 0 Å². The van der Waals surface area contributed by atoms with Crippen molar-refractivity contribution in [3.05, 3.63) is 89.5 Å². The topological polar surface area (TPSA) is 67.4 Å². The molecule has 0 spiro atoms. The minimum Gasteiger partial charge on any atom is -0.481 e. The quantitative estimate of drug-likeness (QED) is 0.447. The third-order valence-electron chi connectivity index (χ3n) is 5.39. The van der Waals surface area contributed by atoms with Crippen molar-refractivity contribution in [2.24, 2.45) is 0 Å². The fourth-order valence-corrected chi connectivity index (χ4v) is 3.29. The number of hydrogen-bond acceptors (Lipinski definition) is 3. The van der Waals surface area contributed by atoms with E-state index in [1.54, 1.807) is 24.3 Å². The Morgan fingerprint density at radius 1 is 0.818 bits per heavy atom. The molecule has 0 saturated carbocycles. The number of rotatable bonds is 7. The summed E-state index contributed by atoms with van der Waals surface area (Å²) in [4.78, 5) is 25.2. The molecule has 0 aliphatic carbocycles. The lowest BCUT2D eigenvalue weighted by Crippen LogP contribution is -2.32. The van der Waals surface area contributed by atoms with Crippen LogP contribution in [-0.4, -0.2) is 17.9 Å². The molecule has 3 rings (SSSR count). The molecule has 2 N–H and O–H groups in total. The van der Waals surface area contributed by atoms with Crippen molar-refractivity contribution in [3.63, 3.8) is 0 Å². The van der Waals surface area contributed by atoms with E-state index >= 15 is 0 Å². The number of hydrogen-bond donors (Lipinski definition) is 2. The number of benzene rings is 3. The summed E-state index contributed by atoms with van der Waals surface area (Å²) < 4.78 is 5.84. The van der Waals surface area contributed by atoms with Gasteiger partial charge in [0.25, 0.3) is 11.8 Å². The molecule has 0 fully saturated rings. The van der Waals surface area contributed by atoms with Crippen LogP contribution in [-0.2, 0) is 10.2 Å². The van der Waals surface area contributed by atoms with Crippen LogP contribution in [0.2, 0.25) is 0 Å². The zero-order valence-electron chi connectivity index (χ0n) is 19.9. The summed E-state index contributed by atoms with van der Waals surface area (Å²) in [6.07, 6.45) is -0.0508. The lowest BCUT2D eigenvalue weighted by molar-refractivity contribution is -0.122. The normalized spacial score (nSPS) is 12.0. The SMILES string of the molecule is CCC(Oc1ccc(C)cc1)C(=O)Nc1ccc(NC(=O)c2ccc(C(C)(C)C)cc2)cc1. The number of nitrogens with one attached hydrogen (secondary N) is 2. The van der Waals surface area contributed by atoms with Crippen LogP contribution >= 0.6 is 0 Å². The number of carbonyl (C=O) groups excluding carboxylic acids is 2. The molecule has 0 saturated heterocycles. The van der Waals surface area contributed by atoms with Gasteiger partial charge < -0.3 is 15.4 Å². The Labute approximate surface area is 196 Å². The van der Waals surface area contributed by atoms with Crippen LogP contribution in [0, 0.1) is 6.92 Å². The summed E-state index contributed by atoms with van der Waals surface area (Å²) in [5, 5.41) is 5.77. The van der Waals surface area contributed by atoms with Gasteiger partial charge in [0.1, 0.15) is 5.75 Å². The van der Waals surface area contributed by atoms with Crippen molar-refractivity contribution in [2.75, 3.05) is 10.6 Å². The molecule has 0 radical (unpaired) electrons. The fourth-order valence-electron chi connectivity index (χ4n) is 3.29. The molecule has 5 heteroatoms. The maximum Gasteiger partial charge on any atom is 0.265 e. The number of carbonyl (C=O) groups is 2. The molecule has 0 aliphatic rings. The molecule has 1 unspecified atom stereocenters. The Kier molecular flexibility index (Phi) is 7.54. The Morgan fingerprint density at radius 3 is 1.88 bits per heavy atom. The van der Waals surface area contributed by atoms with Crippen LogP contribution in [0.25, 0.3) is 0 Å². The highest BCUT2D eigenvalue weighted by Gasteiger charge is 2.19. The van der Waals surface area contributed by atoms with E-state index in [1.165, 1.54) is 5.56 Å². The van der Waals surface area contributed by atoms with Crippen LogP contribution in [0.1, 0.15) is 55.6 Å². The fraction of sp³-hybridized carbons (Fsp3) is 0.286. The van der Waals surface area contributed by atoms with Crippen molar-refractivity contribution in [1.29, 1.82) is 0 Å². The van der Waals surface area contributed by atoms with E-state index in [9.17, 15) is 9.59 Å². The van der Waals surface area contributed by atoms with E-state index in [4.69, 9.17) is 4.74 Å². The number of amides is 2. The summed E-state index contributed by atoms with van der Waals surface area (Å²) in [5.41, 5.74) is 4.24. The molecule has 0 bridgehead atoms. The lowest BCUT2D eigenvalue weighted by Gasteiger charge is -2.19. The molecule has 3 aromatic rings. The van der Waals surface area contributed by atoms with Gasteiger partial charge in [0.15, 0.2) is 6.10 Å². The first-order valence-electron chi connectivity index (χ1n) is 11.2. The van der Waals surface area contributed by atoms with Gasteiger partial charge >= 0.3 is 0 Å². The molecule has 0 aliphatic heterocycles. The molecular weight excluding hydrogens is 412 g/mol. The molecule has 3 aromatic carbocycles. The van der Waals surface area contributed by atoms with Gasteiger partial charge in [0.05, 0.1) is 0 Å². The Bertz CT molecular complexity index is 1080. The average molecular weight is 445 g/mol. The van der Waals surface area contributed by atoms with Gasteiger partial charge in [-0.2, -0.15) is 0 Å². The zero-order valence-corrected chi connectivity index (χ0v) is 19.9. The highest BCUT2D eigenvalue weighted by atomic mass is 16.5. The third-order valence-corrected chi connectivity index (χ3v) is 5.39. The van der Waals surface area contributed by atoms with Crippen LogP contribution in [0.3, 0.4) is 0 Å². The van der Waals surface area contributed by atoms with Gasteiger partial charge in [-0.3, -0.25) is 9.59 Å². The molecular formula is C28H32N2O3. The number of anilines is 2. The highest BCUT2D eigenvalue weighted by molar-refractivity contribution is 6.04. The average Bonchev–Trinajstić information content (AvgIpc) is 2.79. The number of ether oxygens (including phenoxy) is 1. The Balaban J connectivity index is 1.58. The molecule has 1 atom stereocenters. The van der Waals surface area contributed by atoms with Crippen molar-refractivity contribution < 1.29 is 14.3 Å². The second-order valence-corrected chi connectivity index (χ2v) is 9.18. The van der Waals surface area contributed by atoms with Crippen molar-refractivity contribution in [2.45, 2.75) is 52.6 Å². The summed E-state index contributed by atoms with van der Waals surface area (Å²) in [5.74, 6) is 0.273. The van der Waals surface area contributed by atoms with Gasteiger partial charge in [0.2, 0.25) is 0 Å². The number of aryl methyl sites for hydroxylation is 1. The predicted octanol–water partition coefficient (Wildman–Crippen LogP) is 6.34. The van der Waals surface area contributed by atoms with Crippen LogP contribution in [0.4, 0.5) is 11.4 Å². The minimum absolute atomic E-state index is 0.0389. The second-order valence-electron chi connectivity index (χ2n) is 9.18. The van der Waals surface area contributed by atoms with Crippen molar-refractivity contribution >= 4 is 23.2 Å². The van der Waals surface area contributed by atoms with Gasteiger partial charge in [-0.05, 0) is 72.9 Å². The van der Waals surface area contributed by atoms with E-state index in [0.717, 1.165) is 5.56 Å². The molecule has 0 heterocycles. The maximum absolute atomic E-state index is 12.7. The first kappa shape index (κ1) is 24.1. The predicted molar refractivity (Wildman–Crippen MR) is 134 cm³/mol. The van der Waals surface area contributed by atoms with Gasteiger partial charge in [-0.1, -0.05) is 57.5 Å². The first-order valence-corrected chi connectivity index (χ1v) is 11.2. The summed E-state index contributed by atoms with van der Waals surface area (Å²) in [6, 6.07) is 22.3. The van der Waals surface area contributed by atoms with Gasteiger partial charge in [0, 0.05) is 16.9 Å². The van der Waals surface area contributed by atoms with E-state index < -0.39 is 6.10 Å². The molecule has 33 heavy (non-hydrogen) atoms. The second kappa shape index (κ2) is 10.3. The smallest absolute Gasteiger partial charge is 0.265 e. The van der Waals surface area contributed by atoms with Crippen LogP contribution in [0.5, 0.6) is 5.75 Å². The Morgan fingerprint density at radius 2 is 1.36 bits per heavy atom. The summed E-state index contributed by atoms with van der Waals surface area (Å²) in [7, 11) is 0. The van der Waals surface area contributed by atoms with E-state index in [-0.39, 0.29) is 17.2 Å².